The van der Waals surface area contributed by atoms with Crippen molar-refractivity contribution >= 4 is 21.7 Å². The maximum atomic E-state index is 5.19. The highest BCUT2D eigenvalue weighted by Crippen LogP contribution is 2.29. The lowest BCUT2D eigenvalue weighted by Gasteiger charge is -2.30. The molecule has 0 atom stereocenters. The van der Waals surface area contributed by atoms with Crippen molar-refractivity contribution in [3.8, 4) is 5.88 Å². The Morgan fingerprint density at radius 2 is 2.04 bits per heavy atom. The molecule has 1 aliphatic rings. The summed E-state index contributed by atoms with van der Waals surface area (Å²) in [4.78, 5) is 17.1. The Hall–Kier alpha value is -2.05. The number of ether oxygens (including phenoxy) is 1. The van der Waals surface area contributed by atoms with E-state index in [-0.39, 0.29) is 0 Å². The third kappa shape index (κ3) is 3.25. The molecule has 0 aromatic carbocycles. The molecular formula is C18H20N4OS. The van der Waals surface area contributed by atoms with Crippen LogP contribution >= 0.6 is 11.3 Å². The van der Waals surface area contributed by atoms with Gasteiger partial charge in [-0.2, -0.15) is 0 Å². The van der Waals surface area contributed by atoms with E-state index in [9.17, 15) is 0 Å². The van der Waals surface area contributed by atoms with Gasteiger partial charge in [-0.05, 0) is 44.1 Å². The summed E-state index contributed by atoms with van der Waals surface area (Å²) >= 11 is 1.66. The summed E-state index contributed by atoms with van der Waals surface area (Å²) in [5, 5.41) is 1.13. The minimum atomic E-state index is 0.587. The molecule has 0 spiro atoms. The van der Waals surface area contributed by atoms with Crippen LogP contribution in [0.4, 0.5) is 0 Å². The summed E-state index contributed by atoms with van der Waals surface area (Å²) in [6.07, 6.45) is 4.21. The van der Waals surface area contributed by atoms with Crippen molar-refractivity contribution in [1.29, 1.82) is 0 Å². The summed E-state index contributed by atoms with van der Waals surface area (Å²) in [6, 6.07) is 10.1. The van der Waals surface area contributed by atoms with E-state index in [2.05, 4.69) is 27.0 Å². The number of hydrogen-bond donors (Lipinski definition) is 0. The number of methoxy groups -OCH3 is 1. The molecule has 0 amide bonds. The first-order chi connectivity index (χ1) is 11.8. The van der Waals surface area contributed by atoms with E-state index >= 15 is 0 Å². The molecule has 1 saturated heterocycles. The number of aromatic nitrogens is 3. The maximum absolute atomic E-state index is 5.19. The van der Waals surface area contributed by atoms with Crippen LogP contribution in [0.15, 0.2) is 36.5 Å². The van der Waals surface area contributed by atoms with E-state index < -0.39 is 0 Å². The van der Waals surface area contributed by atoms with Crippen molar-refractivity contribution in [2.24, 2.45) is 0 Å². The molecule has 24 heavy (non-hydrogen) atoms. The van der Waals surface area contributed by atoms with Gasteiger partial charge in [0.2, 0.25) is 5.88 Å². The van der Waals surface area contributed by atoms with Gasteiger partial charge in [-0.15, -0.1) is 0 Å². The van der Waals surface area contributed by atoms with Crippen LogP contribution in [0.2, 0.25) is 0 Å². The summed E-state index contributed by atoms with van der Waals surface area (Å²) < 4.78 is 5.19. The molecule has 1 fully saturated rings. The minimum absolute atomic E-state index is 0.587. The van der Waals surface area contributed by atoms with E-state index in [0.29, 0.717) is 11.8 Å². The average Bonchev–Trinajstić information content (AvgIpc) is 3.04. The van der Waals surface area contributed by atoms with E-state index in [1.165, 1.54) is 5.69 Å². The van der Waals surface area contributed by atoms with Crippen LogP contribution in [0.3, 0.4) is 0 Å². The molecule has 124 valence electrons. The first-order valence-electron chi connectivity index (χ1n) is 8.25. The Labute approximate surface area is 145 Å². The SMILES string of the molecule is COc1ccc2nc(CN3CCC(c4ccccn4)CC3)sc2n1. The zero-order valence-electron chi connectivity index (χ0n) is 13.7. The second-order valence-electron chi connectivity index (χ2n) is 6.09. The largest absolute Gasteiger partial charge is 0.481 e. The van der Waals surface area contributed by atoms with E-state index in [4.69, 9.17) is 9.72 Å². The van der Waals surface area contributed by atoms with Crippen molar-refractivity contribution in [1.82, 2.24) is 19.9 Å². The Morgan fingerprint density at radius 1 is 1.17 bits per heavy atom. The molecule has 0 bridgehead atoms. The standard InChI is InChI=1S/C18H20N4OS/c1-23-16-6-5-15-18(21-16)24-17(20-15)12-22-10-7-13(8-11-22)14-4-2-3-9-19-14/h2-6,9,13H,7-8,10-12H2,1H3. The zero-order valence-corrected chi connectivity index (χ0v) is 14.5. The van der Waals surface area contributed by atoms with Crippen molar-refractivity contribution in [2.45, 2.75) is 25.3 Å². The number of likely N-dealkylation sites (tertiary alicyclic amines) is 1. The van der Waals surface area contributed by atoms with Gasteiger partial charge in [0.15, 0.2) is 0 Å². The van der Waals surface area contributed by atoms with Crippen LogP contribution < -0.4 is 4.74 Å². The normalized spacial score (nSPS) is 16.5. The Balaban J connectivity index is 1.40. The predicted octanol–water partition coefficient (Wildman–Crippen LogP) is 3.47. The summed E-state index contributed by atoms with van der Waals surface area (Å²) in [5.41, 5.74) is 2.19. The monoisotopic (exact) mass is 340 g/mol. The molecule has 1 aliphatic heterocycles. The lowest BCUT2D eigenvalue weighted by Crippen LogP contribution is -2.32. The van der Waals surface area contributed by atoms with Crippen LogP contribution in [0.25, 0.3) is 10.3 Å². The van der Waals surface area contributed by atoms with E-state index in [1.54, 1.807) is 18.4 Å². The summed E-state index contributed by atoms with van der Waals surface area (Å²) in [5.74, 6) is 1.23. The van der Waals surface area contributed by atoms with Crippen molar-refractivity contribution in [2.75, 3.05) is 20.2 Å². The molecule has 3 aromatic rings. The van der Waals surface area contributed by atoms with Crippen LogP contribution in [0.1, 0.15) is 29.5 Å². The molecule has 0 aliphatic carbocycles. The van der Waals surface area contributed by atoms with E-state index in [1.807, 2.05) is 24.4 Å². The molecule has 6 heteroatoms. The van der Waals surface area contributed by atoms with Crippen LogP contribution in [-0.2, 0) is 6.54 Å². The number of hydrogen-bond acceptors (Lipinski definition) is 6. The number of rotatable bonds is 4. The average molecular weight is 340 g/mol. The maximum Gasteiger partial charge on any atom is 0.214 e. The minimum Gasteiger partial charge on any atom is -0.481 e. The molecule has 0 saturated carbocycles. The fourth-order valence-corrected chi connectivity index (χ4v) is 4.19. The van der Waals surface area contributed by atoms with Crippen LogP contribution in [-0.4, -0.2) is 40.1 Å². The van der Waals surface area contributed by atoms with Gasteiger partial charge in [-0.3, -0.25) is 9.88 Å². The molecular weight excluding hydrogens is 320 g/mol. The molecule has 5 nitrogen and oxygen atoms in total. The van der Waals surface area contributed by atoms with Gasteiger partial charge in [0.05, 0.1) is 13.7 Å². The van der Waals surface area contributed by atoms with Crippen molar-refractivity contribution in [3.63, 3.8) is 0 Å². The number of thiazole rings is 1. The first-order valence-corrected chi connectivity index (χ1v) is 9.07. The first kappa shape index (κ1) is 15.5. The second-order valence-corrected chi connectivity index (χ2v) is 7.15. The number of nitrogens with zero attached hydrogens (tertiary/aromatic N) is 4. The highest BCUT2D eigenvalue weighted by Gasteiger charge is 2.22. The van der Waals surface area contributed by atoms with E-state index in [0.717, 1.165) is 47.8 Å². The highest BCUT2D eigenvalue weighted by molar-refractivity contribution is 7.18. The van der Waals surface area contributed by atoms with Gasteiger partial charge >= 0.3 is 0 Å². The van der Waals surface area contributed by atoms with Gasteiger partial charge in [0, 0.05) is 23.9 Å². The molecule has 0 N–H and O–H groups in total. The Kier molecular flexibility index (Phi) is 4.40. The number of piperidine rings is 1. The van der Waals surface area contributed by atoms with Gasteiger partial charge in [0.25, 0.3) is 0 Å². The summed E-state index contributed by atoms with van der Waals surface area (Å²) in [7, 11) is 1.64. The summed E-state index contributed by atoms with van der Waals surface area (Å²) in [6.45, 7) is 3.08. The van der Waals surface area contributed by atoms with Crippen LogP contribution in [0, 0.1) is 0 Å². The van der Waals surface area contributed by atoms with Gasteiger partial charge in [-0.25, -0.2) is 9.97 Å². The Bertz CT molecular complexity index is 812. The molecule has 0 unspecified atom stereocenters. The third-order valence-corrected chi connectivity index (χ3v) is 5.49. The zero-order chi connectivity index (χ0) is 16.4. The topological polar surface area (TPSA) is 51.1 Å². The van der Waals surface area contributed by atoms with Gasteiger partial charge in [-0.1, -0.05) is 17.4 Å². The van der Waals surface area contributed by atoms with Crippen molar-refractivity contribution < 1.29 is 4.74 Å². The predicted molar refractivity (Wildman–Crippen MR) is 95.5 cm³/mol. The van der Waals surface area contributed by atoms with Gasteiger partial charge < -0.3 is 4.74 Å². The highest BCUT2D eigenvalue weighted by atomic mass is 32.1. The van der Waals surface area contributed by atoms with Gasteiger partial charge in [0.1, 0.15) is 15.4 Å². The third-order valence-electron chi connectivity index (χ3n) is 4.54. The number of pyridine rings is 2. The van der Waals surface area contributed by atoms with Crippen LogP contribution in [0.5, 0.6) is 5.88 Å². The lowest BCUT2D eigenvalue weighted by atomic mass is 9.93. The molecule has 0 radical (unpaired) electrons. The quantitative estimate of drug-likeness (QED) is 0.728. The second kappa shape index (κ2) is 6.83. The lowest BCUT2D eigenvalue weighted by molar-refractivity contribution is 0.203. The van der Waals surface area contributed by atoms with Crippen molar-refractivity contribution in [3.05, 3.63) is 47.2 Å². The smallest absolute Gasteiger partial charge is 0.214 e. The molecule has 4 heterocycles. The Morgan fingerprint density at radius 3 is 2.79 bits per heavy atom. The molecule has 3 aromatic heterocycles. The fraction of sp³-hybridized carbons (Fsp3) is 0.389. The fourth-order valence-electron chi connectivity index (χ4n) is 3.22. The number of fused-ring (bicyclic) bond motifs is 1. The molecule has 4 rings (SSSR count).